The summed E-state index contributed by atoms with van der Waals surface area (Å²) in [6.07, 6.45) is 9.50. The lowest BCUT2D eigenvalue weighted by atomic mass is 10.0. The molecule has 5 nitrogen and oxygen atoms in total. The number of terminal acetylenes is 1. The molecule has 3 rings (SSSR count). The second-order valence-corrected chi connectivity index (χ2v) is 7.25. The highest BCUT2D eigenvalue weighted by Gasteiger charge is 2.18. The van der Waals surface area contributed by atoms with Crippen LogP contribution in [0.25, 0.3) is 5.57 Å². The van der Waals surface area contributed by atoms with Crippen LogP contribution in [-0.4, -0.2) is 32.8 Å². The third-order valence-electron chi connectivity index (χ3n) is 5.18. The zero-order valence-electron chi connectivity index (χ0n) is 17.8. The highest BCUT2D eigenvalue weighted by atomic mass is 19.3. The van der Waals surface area contributed by atoms with Gasteiger partial charge in [-0.1, -0.05) is 30.2 Å². The average Bonchev–Trinajstić information content (AvgIpc) is 3.26. The molecule has 0 saturated carbocycles. The molecule has 168 valence electrons. The quantitative estimate of drug-likeness (QED) is 0.342. The first-order valence-electron chi connectivity index (χ1n) is 10.3. The molecule has 1 aliphatic carbocycles. The predicted molar refractivity (Wildman–Crippen MR) is 118 cm³/mol. The molecule has 1 aliphatic rings. The van der Waals surface area contributed by atoms with E-state index in [1.54, 1.807) is 18.2 Å². The molecule has 0 unspecified atom stereocenters. The molecule has 2 aromatic carbocycles. The average molecular weight is 441 g/mol. The van der Waals surface area contributed by atoms with Crippen LogP contribution in [0, 0.1) is 12.3 Å². The number of hydrogen-bond donors (Lipinski definition) is 1. The molecule has 1 N–H and O–H groups in total. The molecule has 7 heteroatoms. The molecule has 0 spiro atoms. The standard InChI is InChI=1S/C25H25F2NO4/c1-3-13-31-22-10-7-17(14-23(22)30-2)11-12-28-24(29)21(16-32-25(26)27)20-9-8-18-5-4-6-19(18)15-20/h1,7-10,14-16,25H,4-6,11-13H2,2H3,(H,28,29)/b21-16+. The van der Waals surface area contributed by atoms with Crippen LogP contribution >= 0.6 is 0 Å². The summed E-state index contributed by atoms with van der Waals surface area (Å²) in [6.45, 7) is -2.58. The molecule has 32 heavy (non-hydrogen) atoms. The molecule has 0 bridgehead atoms. The number of halogens is 2. The topological polar surface area (TPSA) is 56.8 Å². The first-order valence-corrected chi connectivity index (χ1v) is 10.3. The Labute approximate surface area is 186 Å². The van der Waals surface area contributed by atoms with E-state index in [1.165, 1.54) is 12.7 Å². The lowest BCUT2D eigenvalue weighted by Gasteiger charge is -2.13. The summed E-state index contributed by atoms with van der Waals surface area (Å²) in [5.41, 5.74) is 3.89. The van der Waals surface area contributed by atoms with Gasteiger partial charge in [-0.25, -0.2) is 0 Å². The monoisotopic (exact) mass is 441 g/mol. The van der Waals surface area contributed by atoms with Gasteiger partial charge in [0.2, 0.25) is 0 Å². The number of alkyl halides is 2. The van der Waals surface area contributed by atoms with Crippen LogP contribution in [0.1, 0.15) is 28.7 Å². The number of rotatable bonds is 10. The fourth-order valence-corrected chi connectivity index (χ4v) is 3.63. The van der Waals surface area contributed by atoms with Gasteiger partial charge in [0, 0.05) is 6.54 Å². The van der Waals surface area contributed by atoms with Crippen molar-refractivity contribution in [1.29, 1.82) is 0 Å². The van der Waals surface area contributed by atoms with E-state index < -0.39 is 12.5 Å². The first kappa shape index (κ1) is 23.1. The van der Waals surface area contributed by atoms with Gasteiger partial charge in [-0.2, -0.15) is 8.78 Å². The minimum Gasteiger partial charge on any atom is -0.493 e. The Balaban J connectivity index is 1.67. The Bertz CT molecular complexity index is 1030. The van der Waals surface area contributed by atoms with Gasteiger partial charge < -0.3 is 19.5 Å². The van der Waals surface area contributed by atoms with Gasteiger partial charge in [0.25, 0.3) is 5.91 Å². The molecular weight excluding hydrogens is 416 g/mol. The van der Waals surface area contributed by atoms with Crippen molar-refractivity contribution in [3.63, 3.8) is 0 Å². The van der Waals surface area contributed by atoms with Gasteiger partial charge in [0.15, 0.2) is 11.5 Å². The lowest BCUT2D eigenvalue weighted by Crippen LogP contribution is -2.27. The Morgan fingerprint density at radius 2 is 2.00 bits per heavy atom. The highest BCUT2D eigenvalue weighted by Crippen LogP contribution is 2.28. The van der Waals surface area contributed by atoms with Crippen LogP contribution in [0.15, 0.2) is 42.7 Å². The van der Waals surface area contributed by atoms with Crippen molar-refractivity contribution in [1.82, 2.24) is 5.32 Å². The van der Waals surface area contributed by atoms with Gasteiger partial charge in [-0.05, 0) is 60.1 Å². The van der Waals surface area contributed by atoms with Gasteiger partial charge >= 0.3 is 6.61 Å². The Hall–Kier alpha value is -3.53. The minimum absolute atomic E-state index is 0.0654. The zero-order valence-corrected chi connectivity index (χ0v) is 17.8. The number of benzene rings is 2. The number of nitrogens with one attached hydrogen (secondary N) is 1. The van der Waals surface area contributed by atoms with Crippen LogP contribution in [0.4, 0.5) is 8.78 Å². The number of hydrogen-bond acceptors (Lipinski definition) is 4. The molecule has 2 aromatic rings. The van der Waals surface area contributed by atoms with Crippen molar-refractivity contribution in [2.24, 2.45) is 0 Å². The van der Waals surface area contributed by atoms with Gasteiger partial charge in [0.1, 0.15) is 12.9 Å². The number of fused-ring (bicyclic) bond motifs is 1. The van der Waals surface area contributed by atoms with Crippen molar-refractivity contribution in [2.45, 2.75) is 32.3 Å². The van der Waals surface area contributed by atoms with E-state index in [0.29, 0.717) is 30.0 Å². The van der Waals surface area contributed by atoms with Crippen LogP contribution in [0.5, 0.6) is 11.5 Å². The molecule has 0 fully saturated rings. The van der Waals surface area contributed by atoms with E-state index >= 15 is 0 Å². The van der Waals surface area contributed by atoms with Gasteiger partial charge in [0.05, 0.1) is 12.7 Å². The largest absolute Gasteiger partial charge is 0.493 e. The summed E-state index contributed by atoms with van der Waals surface area (Å²) < 4.78 is 40.3. The first-order chi connectivity index (χ1) is 15.5. The van der Waals surface area contributed by atoms with Crippen LogP contribution in [0.2, 0.25) is 0 Å². The molecular formula is C25H25F2NO4. The van der Waals surface area contributed by atoms with E-state index in [9.17, 15) is 13.6 Å². The molecule has 0 aromatic heterocycles. The fourth-order valence-electron chi connectivity index (χ4n) is 3.63. The van der Waals surface area contributed by atoms with Crippen molar-refractivity contribution < 1.29 is 27.8 Å². The summed E-state index contributed by atoms with van der Waals surface area (Å²) >= 11 is 0. The van der Waals surface area contributed by atoms with E-state index in [-0.39, 0.29) is 12.2 Å². The van der Waals surface area contributed by atoms with Gasteiger partial charge in [-0.15, -0.1) is 6.42 Å². The summed E-state index contributed by atoms with van der Waals surface area (Å²) in [4.78, 5) is 12.8. The fraction of sp³-hybridized carbons (Fsp3) is 0.320. The summed E-state index contributed by atoms with van der Waals surface area (Å²) in [5, 5.41) is 2.78. The van der Waals surface area contributed by atoms with E-state index in [0.717, 1.165) is 36.7 Å². The number of aryl methyl sites for hydroxylation is 2. The van der Waals surface area contributed by atoms with Crippen LogP contribution in [-0.2, 0) is 28.8 Å². The highest BCUT2D eigenvalue weighted by molar-refractivity contribution is 6.19. The maximum Gasteiger partial charge on any atom is 0.386 e. The maximum absolute atomic E-state index is 12.8. The Morgan fingerprint density at radius 3 is 2.75 bits per heavy atom. The number of carbonyl (C=O) groups excluding carboxylic acids is 1. The molecule has 0 saturated heterocycles. The van der Waals surface area contributed by atoms with Crippen molar-refractivity contribution in [3.8, 4) is 23.8 Å². The maximum atomic E-state index is 12.8. The molecule has 0 aliphatic heterocycles. The smallest absolute Gasteiger partial charge is 0.386 e. The molecule has 0 heterocycles. The minimum atomic E-state index is -3.00. The van der Waals surface area contributed by atoms with Crippen LogP contribution in [0.3, 0.4) is 0 Å². The van der Waals surface area contributed by atoms with E-state index in [4.69, 9.17) is 15.9 Å². The third-order valence-corrected chi connectivity index (χ3v) is 5.18. The van der Waals surface area contributed by atoms with E-state index in [1.807, 2.05) is 18.2 Å². The zero-order chi connectivity index (χ0) is 22.9. The number of ether oxygens (including phenoxy) is 3. The number of amides is 1. The summed E-state index contributed by atoms with van der Waals surface area (Å²) in [7, 11) is 1.53. The predicted octanol–water partition coefficient (Wildman–Crippen LogP) is 4.13. The summed E-state index contributed by atoms with van der Waals surface area (Å²) in [6, 6.07) is 11.0. The SMILES string of the molecule is C#CCOc1ccc(CCNC(=O)/C(=C/OC(F)F)c2ccc3c(c2)CCC3)cc1OC. The Kier molecular flexibility index (Phi) is 8.09. The van der Waals surface area contributed by atoms with Crippen molar-refractivity contribution in [2.75, 3.05) is 20.3 Å². The van der Waals surface area contributed by atoms with E-state index in [2.05, 4.69) is 16.0 Å². The lowest BCUT2D eigenvalue weighted by molar-refractivity contribution is -0.116. The van der Waals surface area contributed by atoms with Crippen molar-refractivity contribution >= 4 is 11.5 Å². The van der Waals surface area contributed by atoms with Crippen LogP contribution < -0.4 is 14.8 Å². The van der Waals surface area contributed by atoms with Gasteiger partial charge in [-0.3, -0.25) is 4.79 Å². The Morgan fingerprint density at radius 1 is 1.19 bits per heavy atom. The second kappa shape index (κ2) is 11.2. The molecule has 0 atom stereocenters. The number of carbonyl (C=O) groups is 1. The normalized spacial score (nSPS) is 12.8. The third kappa shape index (κ3) is 6.01. The molecule has 0 radical (unpaired) electrons. The summed E-state index contributed by atoms with van der Waals surface area (Å²) in [5.74, 6) is 2.98. The second-order valence-electron chi connectivity index (χ2n) is 7.25. The number of methoxy groups -OCH3 is 1. The van der Waals surface area contributed by atoms with Crippen molar-refractivity contribution in [3.05, 3.63) is 64.9 Å². The molecule has 1 amide bonds.